The van der Waals surface area contributed by atoms with Gasteiger partial charge in [-0.1, -0.05) is 11.6 Å². The molecule has 0 unspecified atom stereocenters. The van der Waals surface area contributed by atoms with Crippen molar-refractivity contribution in [1.29, 1.82) is 0 Å². The first-order valence-corrected chi connectivity index (χ1v) is 6.39. The summed E-state index contributed by atoms with van der Waals surface area (Å²) in [5, 5.41) is 12.3. The highest BCUT2D eigenvalue weighted by Gasteiger charge is 2.10. The van der Waals surface area contributed by atoms with Crippen molar-refractivity contribution in [2.24, 2.45) is 0 Å². The lowest BCUT2D eigenvalue weighted by atomic mass is 10.2. The lowest BCUT2D eigenvalue weighted by Gasteiger charge is -2.08. The molecule has 0 fully saturated rings. The lowest BCUT2D eigenvalue weighted by Crippen LogP contribution is -2.00. The molecule has 1 aromatic carbocycles. The zero-order valence-electron chi connectivity index (χ0n) is 10.6. The van der Waals surface area contributed by atoms with Gasteiger partial charge < -0.3 is 10.4 Å². The fourth-order valence-electron chi connectivity index (χ4n) is 1.84. The van der Waals surface area contributed by atoms with E-state index in [-0.39, 0.29) is 10.6 Å². The smallest absolute Gasteiger partial charge is 0.337 e. The van der Waals surface area contributed by atoms with Crippen molar-refractivity contribution in [3.8, 4) is 0 Å². The normalized spacial score (nSPS) is 10.5. The van der Waals surface area contributed by atoms with Crippen molar-refractivity contribution >= 4 is 40.2 Å². The molecule has 2 N–H and O–H groups in total. The van der Waals surface area contributed by atoms with Gasteiger partial charge in [-0.3, -0.25) is 4.98 Å². The van der Waals surface area contributed by atoms with Crippen LogP contribution in [0.25, 0.3) is 11.2 Å². The number of carboxylic acids is 1. The molecule has 3 rings (SSSR count). The van der Waals surface area contributed by atoms with Crippen molar-refractivity contribution in [2.75, 3.05) is 5.32 Å². The summed E-state index contributed by atoms with van der Waals surface area (Å²) >= 11 is 5.83. The van der Waals surface area contributed by atoms with Gasteiger partial charge in [-0.05, 0) is 30.3 Å². The van der Waals surface area contributed by atoms with E-state index in [9.17, 15) is 4.79 Å². The van der Waals surface area contributed by atoms with Gasteiger partial charge in [0.05, 0.1) is 10.6 Å². The van der Waals surface area contributed by atoms with Crippen LogP contribution in [0, 0.1) is 0 Å². The molecule has 0 atom stereocenters. The van der Waals surface area contributed by atoms with Gasteiger partial charge in [0.2, 0.25) is 0 Å². The van der Waals surface area contributed by atoms with Gasteiger partial charge >= 0.3 is 5.97 Å². The van der Waals surface area contributed by atoms with Gasteiger partial charge in [0, 0.05) is 18.1 Å². The minimum Gasteiger partial charge on any atom is -0.478 e. The number of carboxylic acid groups (broad SMARTS) is 1. The van der Waals surface area contributed by atoms with Crippen molar-refractivity contribution in [3.05, 3.63) is 53.3 Å². The molecule has 7 heteroatoms. The molecule has 0 radical (unpaired) electrons. The number of hydrogen-bond acceptors (Lipinski definition) is 5. The Labute approximate surface area is 124 Å². The summed E-state index contributed by atoms with van der Waals surface area (Å²) in [4.78, 5) is 23.6. The molecule has 0 saturated carbocycles. The summed E-state index contributed by atoms with van der Waals surface area (Å²) in [6, 6.07) is 8.18. The van der Waals surface area contributed by atoms with E-state index in [0.29, 0.717) is 22.7 Å². The number of aromatic nitrogens is 3. The number of aromatic carboxylic acids is 1. The Morgan fingerprint density at radius 1 is 1.14 bits per heavy atom. The van der Waals surface area contributed by atoms with Crippen molar-refractivity contribution in [2.45, 2.75) is 0 Å². The average molecular weight is 301 g/mol. The minimum absolute atomic E-state index is 0.0299. The average Bonchev–Trinajstić information content (AvgIpc) is 2.49. The maximum Gasteiger partial charge on any atom is 0.337 e. The number of nitrogens with one attached hydrogen (secondary N) is 1. The molecule has 3 aromatic rings. The molecular formula is C14H9ClN4O2. The van der Waals surface area contributed by atoms with Crippen LogP contribution in [0.3, 0.4) is 0 Å². The van der Waals surface area contributed by atoms with Crippen molar-refractivity contribution in [3.63, 3.8) is 0 Å². The summed E-state index contributed by atoms with van der Waals surface area (Å²) in [6.07, 6.45) is 3.15. The zero-order chi connectivity index (χ0) is 14.8. The molecule has 0 amide bonds. The quantitative estimate of drug-likeness (QED) is 0.772. The van der Waals surface area contributed by atoms with Crippen LogP contribution in [0.4, 0.5) is 11.5 Å². The van der Waals surface area contributed by atoms with E-state index in [2.05, 4.69) is 20.3 Å². The molecule has 0 aliphatic carbocycles. The van der Waals surface area contributed by atoms with Crippen LogP contribution in [0.2, 0.25) is 5.02 Å². The molecule has 0 aliphatic rings. The number of rotatable bonds is 3. The minimum atomic E-state index is -1.08. The molecule has 104 valence electrons. The SMILES string of the molecule is O=C(O)c1cc(Nc2ccc3nccnc3n2)ccc1Cl. The highest BCUT2D eigenvalue weighted by molar-refractivity contribution is 6.33. The van der Waals surface area contributed by atoms with Crippen molar-refractivity contribution < 1.29 is 9.90 Å². The number of fused-ring (bicyclic) bond motifs is 1. The Morgan fingerprint density at radius 3 is 2.76 bits per heavy atom. The third-order valence-electron chi connectivity index (χ3n) is 2.80. The number of hydrogen-bond donors (Lipinski definition) is 2. The fourth-order valence-corrected chi connectivity index (χ4v) is 2.04. The van der Waals surface area contributed by atoms with Gasteiger partial charge in [0.1, 0.15) is 11.3 Å². The Morgan fingerprint density at radius 2 is 1.95 bits per heavy atom. The first-order valence-electron chi connectivity index (χ1n) is 6.01. The number of benzene rings is 1. The Bertz CT molecular complexity index is 838. The summed E-state index contributed by atoms with van der Waals surface area (Å²) in [5.74, 6) is -0.539. The predicted molar refractivity (Wildman–Crippen MR) is 79.0 cm³/mol. The van der Waals surface area contributed by atoms with E-state index < -0.39 is 5.97 Å². The van der Waals surface area contributed by atoms with Gasteiger partial charge in [0.15, 0.2) is 5.65 Å². The Kier molecular flexibility index (Phi) is 3.37. The van der Waals surface area contributed by atoms with E-state index in [4.69, 9.17) is 16.7 Å². The molecule has 0 spiro atoms. The summed E-state index contributed by atoms with van der Waals surface area (Å²) in [5.41, 5.74) is 1.80. The topological polar surface area (TPSA) is 88.0 Å². The first kappa shape index (κ1) is 13.3. The third-order valence-corrected chi connectivity index (χ3v) is 3.13. The standard InChI is InChI=1S/C14H9ClN4O2/c15-10-2-1-8(7-9(10)14(20)21)18-12-4-3-11-13(19-12)17-6-5-16-11/h1-7H,(H,20,21)(H,17,18,19). The van der Waals surface area contributed by atoms with E-state index >= 15 is 0 Å². The third kappa shape index (κ3) is 2.75. The summed E-state index contributed by atoms with van der Waals surface area (Å²) < 4.78 is 0. The molecule has 2 aromatic heterocycles. The van der Waals surface area contributed by atoms with Gasteiger partial charge in [-0.25, -0.2) is 14.8 Å². The fraction of sp³-hybridized carbons (Fsp3) is 0. The van der Waals surface area contributed by atoms with E-state index in [1.54, 1.807) is 30.6 Å². The van der Waals surface area contributed by atoms with Gasteiger partial charge in [0.25, 0.3) is 0 Å². The van der Waals surface area contributed by atoms with E-state index in [0.717, 1.165) is 0 Å². The highest BCUT2D eigenvalue weighted by atomic mass is 35.5. The molecule has 0 bridgehead atoms. The Hall–Kier alpha value is -2.73. The number of nitrogens with zero attached hydrogens (tertiary/aromatic N) is 3. The zero-order valence-corrected chi connectivity index (χ0v) is 11.4. The monoisotopic (exact) mass is 300 g/mol. The predicted octanol–water partition coefficient (Wildman–Crippen LogP) is 3.12. The molecule has 2 heterocycles. The first-order chi connectivity index (χ1) is 10.1. The molecule has 6 nitrogen and oxygen atoms in total. The second kappa shape index (κ2) is 5.34. The second-order valence-electron chi connectivity index (χ2n) is 4.22. The van der Waals surface area contributed by atoms with Crippen LogP contribution < -0.4 is 5.32 Å². The van der Waals surface area contributed by atoms with Gasteiger partial charge in [-0.2, -0.15) is 0 Å². The molecular weight excluding hydrogens is 292 g/mol. The Balaban J connectivity index is 1.94. The summed E-state index contributed by atoms with van der Waals surface area (Å²) in [6.45, 7) is 0. The number of carbonyl (C=O) groups is 1. The number of halogens is 1. The highest BCUT2D eigenvalue weighted by Crippen LogP contribution is 2.23. The molecule has 0 saturated heterocycles. The van der Waals surface area contributed by atoms with Crippen LogP contribution in [0.15, 0.2) is 42.7 Å². The maximum atomic E-state index is 11.1. The lowest BCUT2D eigenvalue weighted by molar-refractivity contribution is 0.0697. The van der Waals surface area contributed by atoms with Crippen molar-refractivity contribution in [1.82, 2.24) is 15.0 Å². The van der Waals surface area contributed by atoms with Crippen LogP contribution >= 0.6 is 11.6 Å². The second-order valence-corrected chi connectivity index (χ2v) is 4.63. The van der Waals surface area contributed by atoms with E-state index in [1.807, 2.05) is 0 Å². The number of pyridine rings is 1. The largest absolute Gasteiger partial charge is 0.478 e. The van der Waals surface area contributed by atoms with Gasteiger partial charge in [-0.15, -0.1) is 0 Å². The molecule has 21 heavy (non-hydrogen) atoms. The van der Waals surface area contributed by atoms with Crippen LogP contribution in [-0.2, 0) is 0 Å². The summed E-state index contributed by atoms with van der Waals surface area (Å²) in [7, 11) is 0. The van der Waals surface area contributed by atoms with Crippen LogP contribution in [0.5, 0.6) is 0 Å². The number of anilines is 2. The van der Waals surface area contributed by atoms with Crippen LogP contribution in [0.1, 0.15) is 10.4 Å². The molecule has 0 aliphatic heterocycles. The van der Waals surface area contributed by atoms with E-state index in [1.165, 1.54) is 12.1 Å². The maximum absolute atomic E-state index is 11.1. The van der Waals surface area contributed by atoms with Crippen LogP contribution in [-0.4, -0.2) is 26.0 Å².